The van der Waals surface area contributed by atoms with Crippen molar-refractivity contribution in [3.8, 4) is 5.75 Å². The molecule has 0 saturated heterocycles. The van der Waals surface area contributed by atoms with Crippen LogP contribution in [0.4, 0.5) is 0 Å². The fourth-order valence-corrected chi connectivity index (χ4v) is 2.62. The van der Waals surface area contributed by atoms with Crippen LogP contribution in [0.3, 0.4) is 0 Å². The topological polar surface area (TPSA) is 50.7 Å². The van der Waals surface area contributed by atoms with Crippen LogP contribution in [-0.2, 0) is 4.74 Å². The number of benzene rings is 1. The molecule has 0 radical (unpaired) electrons. The fourth-order valence-electron chi connectivity index (χ4n) is 2.13. The standard InChI is InChI=1S/C13H18BrNO3/c1-17-8-9(16)7-15-12-5-6-18-13-10(12)3-2-4-11(13)14/h2-4,9,12,15-16H,5-8H2,1H3/t9-,12?/m0/s1. The van der Waals surface area contributed by atoms with Gasteiger partial charge < -0.3 is 19.9 Å². The van der Waals surface area contributed by atoms with E-state index >= 15 is 0 Å². The average Bonchev–Trinajstić information content (AvgIpc) is 2.37. The van der Waals surface area contributed by atoms with Crippen LogP contribution >= 0.6 is 15.9 Å². The summed E-state index contributed by atoms with van der Waals surface area (Å²) < 4.78 is 11.6. The molecule has 2 rings (SSSR count). The molecule has 2 N–H and O–H groups in total. The Morgan fingerprint density at radius 1 is 1.61 bits per heavy atom. The molecule has 1 aromatic carbocycles. The molecule has 1 aliphatic rings. The van der Waals surface area contributed by atoms with Crippen molar-refractivity contribution in [2.24, 2.45) is 0 Å². The van der Waals surface area contributed by atoms with Crippen molar-refractivity contribution in [3.05, 3.63) is 28.2 Å². The Bertz CT molecular complexity index is 400. The van der Waals surface area contributed by atoms with Gasteiger partial charge in [0, 0.05) is 31.7 Å². The second-order valence-corrected chi connectivity index (χ2v) is 5.22. The summed E-state index contributed by atoms with van der Waals surface area (Å²) in [6.45, 7) is 1.56. The second-order valence-electron chi connectivity index (χ2n) is 4.37. The normalized spacial score (nSPS) is 20.1. The van der Waals surface area contributed by atoms with E-state index in [2.05, 4.69) is 27.3 Å². The van der Waals surface area contributed by atoms with E-state index < -0.39 is 6.10 Å². The molecule has 1 unspecified atom stereocenters. The molecule has 0 amide bonds. The monoisotopic (exact) mass is 315 g/mol. The zero-order valence-corrected chi connectivity index (χ0v) is 11.9. The predicted molar refractivity (Wildman–Crippen MR) is 72.9 cm³/mol. The summed E-state index contributed by atoms with van der Waals surface area (Å²) in [5, 5.41) is 13.0. The van der Waals surface area contributed by atoms with Gasteiger partial charge in [0.15, 0.2) is 0 Å². The quantitative estimate of drug-likeness (QED) is 0.871. The zero-order valence-electron chi connectivity index (χ0n) is 10.4. The Morgan fingerprint density at radius 3 is 3.22 bits per heavy atom. The Balaban J connectivity index is 2.02. The largest absolute Gasteiger partial charge is 0.492 e. The SMILES string of the molecule is COC[C@@H](O)CNC1CCOc2c(Br)cccc21. The third-order valence-corrected chi connectivity index (χ3v) is 3.61. The molecule has 100 valence electrons. The van der Waals surface area contributed by atoms with Gasteiger partial charge in [-0.3, -0.25) is 0 Å². The lowest BCUT2D eigenvalue weighted by molar-refractivity contribution is 0.0614. The van der Waals surface area contributed by atoms with Crippen molar-refractivity contribution in [3.63, 3.8) is 0 Å². The van der Waals surface area contributed by atoms with Crippen LogP contribution in [0.1, 0.15) is 18.0 Å². The number of rotatable bonds is 5. The molecule has 1 aromatic rings. The molecule has 5 heteroatoms. The van der Waals surface area contributed by atoms with Crippen molar-refractivity contribution >= 4 is 15.9 Å². The highest BCUT2D eigenvalue weighted by Crippen LogP contribution is 2.37. The van der Waals surface area contributed by atoms with Gasteiger partial charge >= 0.3 is 0 Å². The minimum Gasteiger partial charge on any atom is -0.492 e. The summed E-state index contributed by atoms with van der Waals surface area (Å²) in [6.07, 6.45) is 0.428. The van der Waals surface area contributed by atoms with E-state index in [-0.39, 0.29) is 6.04 Å². The van der Waals surface area contributed by atoms with Gasteiger partial charge in [-0.2, -0.15) is 0 Å². The minimum atomic E-state index is -0.478. The first-order valence-corrected chi connectivity index (χ1v) is 6.83. The number of nitrogens with one attached hydrogen (secondary N) is 1. The maximum absolute atomic E-state index is 9.65. The van der Waals surface area contributed by atoms with Crippen LogP contribution in [0.25, 0.3) is 0 Å². The molecule has 18 heavy (non-hydrogen) atoms. The molecule has 1 aliphatic heterocycles. The van der Waals surface area contributed by atoms with Crippen molar-refractivity contribution in [2.75, 3.05) is 26.9 Å². The van der Waals surface area contributed by atoms with E-state index in [9.17, 15) is 5.11 Å². The van der Waals surface area contributed by atoms with Crippen LogP contribution in [0.5, 0.6) is 5.75 Å². The smallest absolute Gasteiger partial charge is 0.138 e. The van der Waals surface area contributed by atoms with E-state index in [0.717, 1.165) is 22.2 Å². The maximum Gasteiger partial charge on any atom is 0.138 e. The van der Waals surface area contributed by atoms with E-state index in [4.69, 9.17) is 9.47 Å². The molecule has 4 nitrogen and oxygen atoms in total. The molecule has 1 heterocycles. The van der Waals surface area contributed by atoms with Crippen LogP contribution in [-0.4, -0.2) is 38.1 Å². The Kier molecular flexibility index (Phi) is 5.00. The van der Waals surface area contributed by atoms with Gasteiger partial charge in [0.1, 0.15) is 5.75 Å². The second kappa shape index (κ2) is 6.52. The number of aliphatic hydroxyl groups is 1. The molecule has 0 saturated carbocycles. The molecule has 0 spiro atoms. The van der Waals surface area contributed by atoms with Crippen LogP contribution in [0.15, 0.2) is 22.7 Å². The number of hydrogen-bond acceptors (Lipinski definition) is 4. The van der Waals surface area contributed by atoms with Gasteiger partial charge in [-0.25, -0.2) is 0 Å². The molecular formula is C13H18BrNO3. The number of aliphatic hydroxyl groups excluding tert-OH is 1. The number of para-hydroxylation sites is 1. The fraction of sp³-hybridized carbons (Fsp3) is 0.538. The minimum absolute atomic E-state index is 0.220. The molecule has 0 aliphatic carbocycles. The number of hydrogen-bond donors (Lipinski definition) is 2. The Hall–Kier alpha value is -0.620. The first-order valence-electron chi connectivity index (χ1n) is 6.04. The average molecular weight is 316 g/mol. The van der Waals surface area contributed by atoms with Gasteiger partial charge in [-0.05, 0) is 22.0 Å². The third kappa shape index (κ3) is 3.23. The third-order valence-electron chi connectivity index (χ3n) is 2.98. The number of methoxy groups -OCH3 is 1. The van der Waals surface area contributed by atoms with E-state index in [0.29, 0.717) is 19.8 Å². The van der Waals surface area contributed by atoms with Crippen molar-refractivity contribution in [2.45, 2.75) is 18.6 Å². The predicted octanol–water partition coefficient (Wildman–Crippen LogP) is 1.87. The number of halogens is 1. The molecule has 2 atom stereocenters. The molecular weight excluding hydrogens is 298 g/mol. The van der Waals surface area contributed by atoms with Crippen molar-refractivity contribution < 1.29 is 14.6 Å². The summed E-state index contributed by atoms with van der Waals surface area (Å²) in [7, 11) is 1.59. The summed E-state index contributed by atoms with van der Waals surface area (Å²) in [6, 6.07) is 6.25. The zero-order chi connectivity index (χ0) is 13.0. The van der Waals surface area contributed by atoms with Crippen molar-refractivity contribution in [1.82, 2.24) is 5.32 Å². The number of ether oxygens (including phenoxy) is 2. The number of fused-ring (bicyclic) bond motifs is 1. The van der Waals surface area contributed by atoms with Gasteiger partial charge in [0.05, 0.1) is 23.8 Å². The highest BCUT2D eigenvalue weighted by atomic mass is 79.9. The molecule has 0 bridgehead atoms. The molecule has 0 fully saturated rings. The Labute approximate surface area is 115 Å². The Morgan fingerprint density at radius 2 is 2.44 bits per heavy atom. The maximum atomic E-state index is 9.65. The first-order chi connectivity index (χ1) is 8.72. The van der Waals surface area contributed by atoms with Crippen molar-refractivity contribution in [1.29, 1.82) is 0 Å². The first kappa shape index (κ1) is 13.8. The van der Waals surface area contributed by atoms with Gasteiger partial charge in [-0.15, -0.1) is 0 Å². The van der Waals surface area contributed by atoms with Crippen LogP contribution in [0.2, 0.25) is 0 Å². The van der Waals surface area contributed by atoms with Crippen LogP contribution in [0, 0.1) is 0 Å². The molecule has 0 aromatic heterocycles. The lowest BCUT2D eigenvalue weighted by Crippen LogP contribution is -2.35. The summed E-state index contributed by atoms with van der Waals surface area (Å²) in [4.78, 5) is 0. The van der Waals surface area contributed by atoms with E-state index in [1.54, 1.807) is 7.11 Å². The summed E-state index contributed by atoms with van der Waals surface area (Å²) >= 11 is 3.49. The lowest BCUT2D eigenvalue weighted by atomic mass is 10.0. The van der Waals surface area contributed by atoms with Crippen LogP contribution < -0.4 is 10.1 Å². The van der Waals surface area contributed by atoms with E-state index in [1.807, 2.05) is 12.1 Å². The highest BCUT2D eigenvalue weighted by Gasteiger charge is 2.23. The van der Waals surface area contributed by atoms with Gasteiger partial charge in [-0.1, -0.05) is 12.1 Å². The summed E-state index contributed by atoms with van der Waals surface area (Å²) in [5.74, 6) is 0.905. The highest BCUT2D eigenvalue weighted by molar-refractivity contribution is 9.10. The van der Waals surface area contributed by atoms with Gasteiger partial charge in [0.25, 0.3) is 0 Å². The lowest BCUT2D eigenvalue weighted by Gasteiger charge is -2.28. The van der Waals surface area contributed by atoms with Gasteiger partial charge in [0.2, 0.25) is 0 Å². The summed E-state index contributed by atoms with van der Waals surface area (Å²) in [5.41, 5.74) is 1.14. The van der Waals surface area contributed by atoms with E-state index in [1.165, 1.54) is 0 Å².